The Bertz CT molecular complexity index is 465. The number of hydrogen-bond donors (Lipinski definition) is 0. The third kappa shape index (κ3) is 3.82. The van der Waals surface area contributed by atoms with Crippen LogP contribution in [0.5, 0.6) is 0 Å². The van der Waals surface area contributed by atoms with Gasteiger partial charge in [0.05, 0.1) is 24.4 Å². The van der Waals surface area contributed by atoms with Gasteiger partial charge in [-0.3, -0.25) is 0 Å². The molecule has 0 radical (unpaired) electrons. The zero-order valence-corrected chi connectivity index (χ0v) is 19.1. The van der Waals surface area contributed by atoms with Crippen molar-refractivity contribution in [2.45, 2.75) is 114 Å². The average molecular weight is 383 g/mol. The smallest absolute Gasteiger partial charge is 0.176 e. The molecule has 5 heteroatoms. The molecule has 8 unspecified atom stereocenters. The molecule has 2 heterocycles. The summed E-state index contributed by atoms with van der Waals surface area (Å²) in [6, 6.07) is 0. The molecular formula is C20H38O3Si2. The highest BCUT2D eigenvalue weighted by Gasteiger charge is 2.51. The van der Waals surface area contributed by atoms with Crippen LogP contribution in [0.4, 0.5) is 0 Å². The molecule has 2 saturated carbocycles. The molecule has 0 aromatic rings. The van der Waals surface area contributed by atoms with Crippen molar-refractivity contribution >= 4 is 16.6 Å². The molecule has 2 aliphatic carbocycles. The molecule has 0 aromatic carbocycles. The molecule has 0 N–H and O–H groups in total. The fourth-order valence-corrected chi connectivity index (χ4v) is 15.6. The zero-order valence-electron chi connectivity index (χ0n) is 17.1. The lowest BCUT2D eigenvalue weighted by Crippen LogP contribution is -2.52. The SMILES string of the molecule is CC(C1CCC2OC2C1)[Si](C)(C)O[Si](C)(C)C(C)C1CCC2OC2C1. The molecule has 0 amide bonds. The predicted molar refractivity (Wildman–Crippen MR) is 107 cm³/mol. The summed E-state index contributed by atoms with van der Waals surface area (Å²) in [5, 5.41) is 0. The summed E-state index contributed by atoms with van der Waals surface area (Å²) >= 11 is 0. The summed E-state index contributed by atoms with van der Waals surface area (Å²) < 4.78 is 18.7. The quantitative estimate of drug-likeness (QED) is 0.460. The molecule has 3 nitrogen and oxygen atoms in total. The minimum absolute atomic E-state index is 0.587. The maximum Gasteiger partial charge on any atom is 0.176 e. The molecule has 25 heavy (non-hydrogen) atoms. The van der Waals surface area contributed by atoms with Crippen molar-refractivity contribution in [1.29, 1.82) is 0 Å². The lowest BCUT2D eigenvalue weighted by molar-refractivity contribution is 0.329. The van der Waals surface area contributed by atoms with Gasteiger partial charge >= 0.3 is 0 Å². The summed E-state index contributed by atoms with van der Waals surface area (Å²) in [5.74, 6) is 1.64. The summed E-state index contributed by atoms with van der Waals surface area (Å²) in [6.45, 7) is 14.9. The molecule has 4 aliphatic rings. The van der Waals surface area contributed by atoms with Gasteiger partial charge in [-0.25, -0.2) is 0 Å². The third-order valence-corrected chi connectivity index (χ3v) is 17.8. The third-order valence-electron chi connectivity index (χ3n) is 8.22. The molecule has 4 rings (SSSR count). The van der Waals surface area contributed by atoms with E-state index in [4.69, 9.17) is 13.6 Å². The van der Waals surface area contributed by atoms with E-state index in [2.05, 4.69) is 40.0 Å². The van der Waals surface area contributed by atoms with E-state index in [1.165, 1.54) is 38.5 Å². The van der Waals surface area contributed by atoms with Gasteiger partial charge in [0.15, 0.2) is 16.6 Å². The lowest BCUT2D eigenvalue weighted by atomic mass is 9.87. The van der Waals surface area contributed by atoms with Crippen molar-refractivity contribution in [2.75, 3.05) is 0 Å². The molecule has 0 aromatic heterocycles. The van der Waals surface area contributed by atoms with Gasteiger partial charge in [0, 0.05) is 0 Å². The minimum atomic E-state index is -1.70. The monoisotopic (exact) mass is 382 g/mol. The lowest BCUT2D eigenvalue weighted by Gasteiger charge is -2.45. The predicted octanol–water partition coefficient (Wildman–Crippen LogP) is 5.33. The van der Waals surface area contributed by atoms with Gasteiger partial charge in [-0.2, -0.15) is 0 Å². The van der Waals surface area contributed by atoms with Gasteiger partial charge < -0.3 is 13.6 Å². The van der Waals surface area contributed by atoms with Gasteiger partial charge in [0.1, 0.15) is 0 Å². The van der Waals surface area contributed by atoms with Crippen LogP contribution in [0.1, 0.15) is 52.4 Å². The molecule has 0 bridgehead atoms. The van der Waals surface area contributed by atoms with Crippen LogP contribution in [-0.2, 0) is 13.6 Å². The van der Waals surface area contributed by atoms with Crippen molar-refractivity contribution in [3.05, 3.63) is 0 Å². The standard InChI is InChI=1S/C20H38O3Si2/c1-13(15-7-9-17-19(11-15)21-17)24(3,4)23-25(5,6)14(2)16-8-10-18-20(12-16)22-18/h13-20H,7-12H2,1-6H3. The van der Waals surface area contributed by atoms with Gasteiger partial charge in [0.2, 0.25) is 0 Å². The van der Waals surface area contributed by atoms with Crippen LogP contribution in [0.2, 0.25) is 37.3 Å². The van der Waals surface area contributed by atoms with Gasteiger partial charge in [-0.15, -0.1) is 0 Å². The van der Waals surface area contributed by atoms with Gasteiger partial charge in [-0.05, 0) is 87.6 Å². The average Bonchev–Trinajstić information content (AvgIpc) is 3.43. The van der Waals surface area contributed by atoms with Crippen molar-refractivity contribution in [3.8, 4) is 0 Å². The van der Waals surface area contributed by atoms with Crippen LogP contribution in [0.15, 0.2) is 0 Å². The van der Waals surface area contributed by atoms with Crippen LogP contribution in [0.25, 0.3) is 0 Å². The first-order valence-electron chi connectivity index (χ1n) is 10.7. The Labute approximate surface area is 156 Å². The minimum Gasteiger partial charge on any atom is -0.455 e. The first kappa shape index (κ1) is 18.7. The van der Waals surface area contributed by atoms with Crippen LogP contribution in [-0.4, -0.2) is 41.1 Å². The number of hydrogen-bond acceptors (Lipinski definition) is 3. The van der Waals surface area contributed by atoms with E-state index in [-0.39, 0.29) is 0 Å². The number of epoxide rings is 2. The maximum atomic E-state index is 7.15. The summed E-state index contributed by atoms with van der Waals surface area (Å²) in [5.41, 5.74) is 1.47. The summed E-state index contributed by atoms with van der Waals surface area (Å²) in [4.78, 5) is 0. The van der Waals surface area contributed by atoms with E-state index in [1.807, 2.05) is 0 Å². The highest BCUT2D eigenvalue weighted by Crippen LogP contribution is 2.50. The van der Waals surface area contributed by atoms with Crippen LogP contribution in [0, 0.1) is 11.8 Å². The fourth-order valence-electron chi connectivity index (χ4n) is 5.78. The van der Waals surface area contributed by atoms with Crippen molar-refractivity contribution in [1.82, 2.24) is 0 Å². The van der Waals surface area contributed by atoms with Gasteiger partial charge in [0.25, 0.3) is 0 Å². The Hall–Kier alpha value is 0.314. The first-order valence-corrected chi connectivity index (χ1v) is 16.7. The van der Waals surface area contributed by atoms with Crippen LogP contribution in [0.3, 0.4) is 0 Å². The Balaban J connectivity index is 1.37. The number of rotatable bonds is 6. The van der Waals surface area contributed by atoms with E-state index in [0.29, 0.717) is 24.4 Å². The van der Waals surface area contributed by atoms with E-state index in [1.54, 1.807) is 0 Å². The first-order chi connectivity index (χ1) is 11.7. The van der Waals surface area contributed by atoms with E-state index in [0.717, 1.165) is 22.9 Å². The fraction of sp³-hybridized carbons (Fsp3) is 1.00. The number of ether oxygens (including phenoxy) is 2. The highest BCUT2D eigenvalue weighted by molar-refractivity contribution is 6.86. The van der Waals surface area contributed by atoms with Crippen LogP contribution < -0.4 is 0 Å². The van der Waals surface area contributed by atoms with E-state index < -0.39 is 16.6 Å². The normalized spacial score (nSPS) is 43.0. The molecule has 0 spiro atoms. The Morgan fingerprint density at radius 2 is 1.08 bits per heavy atom. The molecular weight excluding hydrogens is 344 g/mol. The largest absolute Gasteiger partial charge is 0.455 e. The molecule has 144 valence electrons. The summed E-state index contributed by atoms with van der Waals surface area (Å²) in [7, 11) is -3.40. The van der Waals surface area contributed by atoms with Crippen molar-refractivity contribution in [2.24, 2.45) is 11.8 Å². The van der Waals surface area contributed by atoms with Crippen molar-refractivity contribution in [3.63, 3.8) is 0 Å². The Morgan fingerprint density at radius 3 is 1.44 bits per heavy atom. The zero-order chi connectivity index (χ0) is 18.0. The molecule has 2 aliphatic heterocycles. The highest BCUT2D eigenvalue weighted by atomic mass is 28.4. The second-order valence-electron chi connectivity index (χ2n) is 10.5. The van der Waals surface area contributed by atoms with Crippen LogP contribution >= 0.6 is 0 Å². The van der Waals surface area contributed by atoms with Gasteiger partial charge in [-0.1, -0.05) is 13.8 Å². The molecule has 2 saturated heterocycles. The molecule has 8 atom stereocenters. The second kappa shape index (κ2) is 6.44. The van der Waals surface area contributed by atoms with E-state index in [9.17, 15) is 0 Å². The topological polar surface area (TPSA) is 34.3 Å². The maximum absolute atomic E-state index is 7.15. The second-order valence-corrected chi connectivity index (χ2v) is 19.5. The van der Waals surface area contributed by atoms with Crippen molar-refractivity contribution < 1.29 is 13.6 Å². The van der Waals surface area contributed by atoms with E-state index >= 15 is 0 Å². The molecule has 4 fully saturated rings. The number of fused-ring (bicyclic) bond motifs is 2. The summed E-state index contributed by atoms with van der Waals surface area (Å²) in [6.07, 6.45) is 10.2. The Kier molecular flexibility index (Phi) is 4.81. The Morgan fingerprint density at radius 1 is 0.680 bits per heavy atom.